The van der Waals surface area contributed by atoms with Gasteiger partial charge in [0.2, 0.25) is 0 Å². The molecule has 1 heterocycles. The van der Waals surface area contributed by atoms with Crippen LogP contribution in [0, 0.1) is 0 Å². The van der Waals surface area contributed by atoms with E-state index in [1.165, 1.54) is 0 Å². The number of nitrogens with zero attached hydrogens (tertiary/aromatic N) is 2. The number of aliphatic hydroxyl groups excluding tert-OH is 1. The number of rotatable bonds is 7. The van der Waals surface area contributed by atoms with Gasteiger partial charge in [0, 0.05) is 6.42 Å². The van der Waals surface area contributed by atoms with Gasteiger partial charge in [-0.3, -0.25) is 0 Å². The van der Waals surface area contributed by atoms with E-state index in [9.17, 15) is 9.90 Å². The number of carbonyl (C=O) groups is 1. The second-order valence-corrected chi connectivity index (χ2v) is 5.47. The number of benzene rings is 1. The zero-order valence-electron chi connectivity index (χ0n) is 12.4. The molecular weight excluding hydrogens is 304 g/mol. The van der Waals surface area contributed by atoms with E-state index in [1.54, 1.807) is 24.3 Å². The fourth-order valence-electron chi connectivity index (χ4n) is 2.25. The average Bonchev–Trinajstić information content (AvgIpc) is 2.82. The van der Waals surface area contributed by atoms with Crippen LogP contribution < -0.4 is 0 Å². The van der Waals surface area contributed by atoms with E-state index in [0.29, 0.717) is 17.4 Å². The average molecular weight is 323 g/mol. The number of aromatic nitrogens is 2. The molecule has 2 aromatic rings. The third kappa shape index (κ3) is 3.67. The molecule has 0 saturated carbocycles. The lowest BCUT2D eigenvalue weighted by Gasteiger charge is -2.09. The SMILES string of the molecule is CCCCc1nc(CO)c(Cl)n1Cc1ccc(C(=O)O)cc1. The second kappa shape index (κ2) is 7.42. The summed E-state index contributed by atoms with van der Waals surface area (Å²) in [5, 5.41) is 18.7. The molecule has 1 aromatic carbocycles. The second-order valence-electron chi connectivity index (χ2n) is 5.12. The van der Waals surface area contributed by atoms with E-state index in [2.05, 4.69) is 11.9 Å². The quantitative estimate of drug-likeness (QED) is 0.821. The number of unbranched alkanes of at least 4 members (excludes halogenated alkanes) is 1. The summed E-state index contributed by atoms with van der Waals surface area (Å²) in [6, 6.07) is 6.67. The zero-order valence-corrected chi connectivity index (χ0v) is 13.2. The van der Waals surface area contributed by atoms with Crippen molar-refractivity contribution in [2.45, 2.75) is 39.3 Å². The van der Waals surface area contributed by atoms with E-state index in [0.717, 1.165) is 30.7 Å². The van der Waals surface area contributed by atoms with Gasteiger partial charge in [-0.2, -0.15) is 0 Å². The molecule has 0 unspecified atom stereocenters. The summed E-state index contributed by atoms with van der Waals surface area (Å²) in [6.45, 7) is 2.42. The number of aliphatic hydroxyl groups is 1. The van der Waals surface area contributed by atoms with Gasteiger partial charge < -0.3 is 14.8 Å². The fraction of sp³-hybridized carbons (Fsp3) is 0.375. The maximum atomic E-state index is 10.9. The Morgan fingerprint density at radius 1 is 1.32 bits per heavy atom. The van der Waals surface area contributed by atoms with Gasteiger partial charge >= 0.3 is 5.97 Å². The first-order valence-electron chi connectivity index (χ1n) is 7.23. The topological polar surface area (TPSA) is 75.4 Å². The molecule has 0 bridgehead atoms. The molecular formula is C16H19ClN2O3. The van der Waals surface area contributed by atoms with Gasteiger partial charge in [0.1, 0.15) is 16.7 Å². The molecule has 2 N–H and O–H groups in total. The Morgan fingerprint density at radius 3 is 2.55 bits per heavy atom. The molecule has 0 fully saturated rings. The normalized spacial score (nSPS) is 10.9. The van der Waals surface area contributed by atoms with Crippen LogP contribution in [-0.2, 0) is 19.6 Å². The summed E-state index contributed by atoms with van der Waals surface area (Å²) >= 11 is 6.29. The summed E-state index contributed by atoms with van der Waals surface area (Å²) in [7, 11) is 0. The molecule has 0 spiro atoms. The van der Waals surface area contributed by atoms with Gasteiger partial charge in [0.15, 0.2) is 0 Å². The number of aryl methyl sites for hydroxylation is 1. The smallest absolute Gasteiger partial charge is 0.335 e. The standard InChI is InChI=1S/C16H19ClN2O3/c1-2-3-4-14-18-13(10-20)15(17)19(14)9-11-5-7-12(8-6-11)16(21)22/h5-8,20H,2-4,9-10H2,1H3,(H,21,22). The van der Waals surface area contributed by atoms with Gasteiger partial charge in [-0.1, -0.05) is 37.1 Å². The molecule has 22 heavy (non-hydrogen) atoms. The molecule has 0 aliphatic carbocycles. The number of hydrogen-bond acceptors (Lipinski definition) is 3. The van der Waals surface area contributed by atoms with Gasteiger partial charge in [0.05, 0.1) is 18.7 Å². The monoisotopic (exact) mass is 322 g/mol. The Balaban J connectivity index is 2.26. The predicted molar refractivity (Wildman–Crippen MR) is 84.3 cm³/mol. The van der Waals surface area contributed by atoms with Crippen LogP contribution in [0.4, 0.5) is 0 Å². The number of carboxylic acids is 1. The first-order valence-corrected chi connectivity index (χ1v) is 7.61. The Hall–Kier alpha value is -1.85. The van der Waals surface area contributed by atoms with Crippen LogP contribution in [0.1, 0.15) is 47.2 Å². The number of halogens is 1. The summed E-state index contributed by atoms with van der Waals surface area (Å²) in [6.07, 6.45) is 2.84. The summed E-state index contributed by atoms with van der Waals surface area (Å²) in [5.41, 5.74) is 1.67. The minimum absolute atomic E-state index is 0.192. The summed E-state index contributed by atoms with van der Waals surface area (Å²) < 4.78 is 1.87. The van der Waals surface area contributed by atoms with Crippen LogP contribution in [0.15, 0.2) is 24.3 Å². The molecule has 0 saturated heterocycles. The molecule has 0 atom stereocenters. The maximum Gasteiger partial charge on any atom is 0.335 e. The number of imidazole rings is 1. The number of hydrogen-bond donors (Lipinski definition) is 2. The number of aromatic carboxylic acids is 1. The van der Waals surface area contributed by atoms with Gasteiger partial charge in [-0.25, -0.2) is 9.78 Å². The van der Waals surface area contributed by atoms with Crippen molar-refractivity contribution in [2.75, 3.05) is 0 Å². The van der Waals surface area contributed by atoms with Crippen molar-refractivity contribution in [2.24, 2.45) is 0 Å². The van der Waals surface area contributed by atoms with Gasteiger partial charge in [0.25, 0.3) is 0 Å². The lowest BCUT2D eigenvalue weighted by atomic mass is 10.1. The van der Waals surface area contributed by atoms with Crippen LogP contribution in [0.2, 0.25) is 5.15 Å². The Bertz CT molecular complexity index is 650. The first-order chi connectivity index (χ1) is 10.6. The van der Waals surface area contributed by atoms with E-state index < -0.39 is 5.97 Å². The Kier molecular flexibility index (Phi) is 5.57. The van der Waals surface area contributed by atoms with Gasteiger partial charge in [-0.15, -0.1) is 0 Å². The van der Waals surface area contributed by atoms with Gasteiger partial charge in [-0.05, 0) is 24.1 Å². The van der Waals surface area contributed by atoms with Crippen LogP contribution in [0.3, 0.4) is 0 Å². The minimum atomic E-state index is -0.946. The third-order valence-electron chi connectivity index (χ3n) is 3.50. The molecule has 0 aliphatic rings. The van der Waals surface area contributed by atoms with E-state index >= 15 is 0 Å². The Morgan fingerprint density at radius 2 is 2.00 bits per heavy atom. The van der Waals surface area contributed by atoms with Crippen molar-refractivity contribution in [1.82, 2.24) is 9.55 Å². The highest BCUT2D eigenvalue weighted by molar-refractivity contribution is 6.30. The highest BCUT2D eigenvalue weighted by Crippen LogP contribution is 2.21. The van der Waals surface area contributed by atoms with Crippen molar-refractivity contribution < 1.29 is 15.0 Å². The summed E-state index contributed by atoms with van der Waals surface area (Å²) in [4.78, 5) is 15.3. The largest absolute Gasteiger partial charge is 0.478 e. The summed E-state index contributed by atoms with van der Waals surface area (Å²) in [5.74, 6) is -0.100. The molecule has 2 rings (SSSR count). The molecule has 6 heteroatoms. The van der Waals surface area contributed by atoms with Crippen LogP contribution in [-0.4, -0.2) is 25.7 Å². The van der Waals surface area contributed by atoms with Crippen molar-refractivity contribution >= 4 is 17.6 Å². The molecule has 0 radical (unpaired) electrons. The lowest BCUT2D eigenvalue weighted by molar-refractivity contribution is 0.0697. The number of carboxylic acid groups (broad SMARTS) is 1. The molecule has 1 aromatic heterocycles. The Labute approximate surface area is 134 Å². The predicted octanol–water partition coefficient (Wildman–Crippen LogP) is 3.12. The van der Waals surface area contributed by atoms with E-state index in [-0.39, 0.29) is 12.2 Å². The van der Waals surface area contributed by atoms with Crippen LogP contribution in [0.5, 0.6) is 0 Å². The molecule has 5 nitrogen and oxygen atoms in total. The van der Waals surface area contributed by atoms with Crippen molar-refractivity contribution in [3.63, 3.8) is 0 Å². The molecule has 0 aliphatic heterocycles. The van der Waals surface area contributed by atoms with Crippen molar-refractivity contribution in [1.29, 1.82) is 0 Å². The maximum absolute atomic E-state index is 10.9. The first kappa shape index (κ1) is 16.5. The zero-order chi connectivity index (χ0) is 16.1. The van der Waals surface area contributed by atoms with Crippen LogP contribution in [0.25, 0.3) is 0 Å². The highest BCUT2D eigenvalue weighted by atomic mass is 35.5. The van der Waals surface area contributed by atoms with Crippen molar-refractivity contribution in [3.05, 3.63) is 52.1 Å². The van der Waals surface area contributed by atoms with E-state index in [4.69, 9.17) is 16.7 Å². The molecule has 118 valence electrons. The minimum Gasteiger partial charge on any atom is -0.478 e. The van der Waals surface area contributed by atoms with E-state index in [1.807, 2.05) is 4.57 Å². The lowest BCUT2D eigenvalue weighted by Crippen LogP contribution is -2.06. The highest BCUT2D eigenvalue weighted by Gasteiger charge is 2.15. The fourth-order valence-corrected chi connectivity index (χ4v) is 2.51. The molecule has 0 amide bonds. The van der Waals surface area contributed by atoms with Crippen LogP contribution >= 0.6 is 11.6 Å². The third-order valence-corrected chi connectivity index (χ3v) is 3.92. The van der Waals surface area contributed by atoms with Crippen molar-refractivity contribution in [3.8, 4) is 0 Å².